The Morgan fingerprint density at radius 1 is 1.47 bits per heavy atom. The molecule has 0 aliphatic carbocycles. The minimum absolute atomic E-state index is 0.289. The maximum Gasteiger partial charge on any atom is 0.143 e. The molecule has 1 aromatic rings. The molecule has 80 valence electrons. The van der Waals surface area contributed by atoms with Crippen molar-refractivity contribution in [3.05, 3.63) is 17.7 Å². The van der Waals surface area contributed by atoms with Crippen LogP contribution < -0.4 is 15.8 Å². The van der Waals surface area contributed by atoms with E-state index in [0.29, 0.717) is 16.6 Å². The van der Waals surface area contributed by atoms with Gasteiger partial charge in [-0.3, -0.25) is 0 Å². The van der Waals surface area contributed by atoms with Gasteiger partial charge in [0.1, 0.15) is 19.0 Å². The highest BCUT2D eigenvalue weighted by Crippen LogP contribution is 2.37. The molecule has 0 aromatic heterocycles. The van der Waals surface area contributed by atoms with E-state index in [2.05, 4.69) is 0 Å². The van der Waals surface area contributed by atoms with Crippen molar-refractivity contribution >= 4 is 18.1 Å². The molecule has 0 aliphatic heterocycles. The van der Waals surface area contributed by atoms with Gasteiger partial charge < -0.3 is 15.0 Å². The van der Waals surface area contributed by atoms with E-state index >= 15 is 0 Å². The van der Waals surface area contributed by atoms with E-state index in [4.69, 9.17) is 15.7 Å². The molecule has 0 radical (unpaired) electrons. The fourth-order valence-electron chi connectivity index (χ4n) is 1.18. The van der Waals surface area contributed by atoms with Crippen molar-refractivity contribution < 1.29 is 9.30 Å². The number of nitriles is 1. The van der Waals surface area contributed by atoms with Crippen molar-refractivity contribution in [3.63, 3.8) is 0 Å². The predicted octanol–water partition coefficient (Wildman–Crippen LogP) is 1.40. The Bertz CT molecular complexity index is 471. The van der Waals surface area contributed by atoms with Gasteiger partial charge in [0.25, 0.3) is 0 Å². The summed E-state index contributed by atoms with van der Waals surface area (Å²) in [5, 5.41) is 9.46. The molecule has 0 bridgehead atoms. The average Bonchev–Trinajstić information content (AvgIpc) is 2.16. The van der Waals surface area contributed by atoms with Crippen LogP contribution in [0.3, 0.4) is 0 Å². The minimum atomic E-state index is -2.40. The van der Waals surface area contributed by atoms with Crippen molar-refractivity contribution in [3.8, 4) is 11.8 Å². The molecular weight excluding hydrogens is 211 g/mol. The van der Waals surface area contributed by atoms with Gasteiger partial charge in [0.05, 0.1) is 18.4 Å². The highest BCUT2D eigenvalue weighted by Gasteiger charge is 2.16. The van der Waals surface area contributed by atoms with Crippen molar-refractivity contribution in [2.75, 3.05) is 26.2 Å². The predicted molar refractivity (Wildman–Crippen MR) is 61.2 cm³/mol. The Balaban J connectivity index is 3.49. The average molecular weight is 224 g/mol. The van der Waals surface area contributed by atoms with E-state index in [1.807, 2.05) is 6.07 Å². The molecule has 1 rings (SSSR count). The lowest BCUT2D eigenvalue weighted by molar-refractivity contribution is 0.417. The van der Waals surface area contributed by atoms with E-state index in [-0.39, 0.29) is 5.69 Å². The van der Waals surface area contributed by atoms with Crippen LogP contribution in [-0.2, 0) is 4.57 Å². The van der Waals surface area contributed by atoms with Gasteiger partial charge in [-0.2, -0.15) is 5.26 Å². The first-order chi connectivity index (χ1) is 6.90. The van der Waals surface area contributed by atoms with E-state index in [0.717, 1.165) is 0 Å². The largest absolute Gasteiger partial charge is 0.495 e. The number of hydrogen-bond donors (Lipinski definition) is 1. The third-order valence-electron chi connectivity index (χ3n) is 2.09. The van der Waals surface area contributed by atoms with E-state index in [9.17, 15) is 4.57 Å². The maximum atomic E-state index is 11.9. The summed E-state index contributed by atoms with van der Waals surface area (Å²) in [6.07, 6.45) is 0. The van der Waals surface area contributed by atoms with Gasteiger partial charge in [0.15, 0.2) is 0 Å². The number of hydrogen-bond acceptors (Lipinski definition) is 4. The Kier molecular flexibility index (Phi) is 3.06. The Morgan fingerprint density at radius 3 is 2.47 bits per heavy atom. The van der Waals surface area contributed by atoms with Crippen molar-refractivity contribution in [2.24, 2.45) is 0 Å². The molecule has 0 saturated heterocycles. The lowest BCUT2D eigenvalue weighted by atomic mass is 10.2. The molecule has 0 unspecified atom stereocenters. The summed E-state index contributed by atoms with van der Waals surface area (Å²) in [4.78, 5) is 0. The molecule has 0 aliphatic rings. The third kappa shape index (κ3) is 2.31. The summed E-state index contributed by atoms with van der Waals surface area (Å²) in [6, 6.07) is 5.13. The minimum Gasteiger partial charge on any atom is -0.495 e. The van der Waals surface area contributed by atoms with Gasteiger partial charge >= 0.3 is 0 Å². The topological polar surface area (TPSA) is 76.1 Å². The van der Waals surface area contributed by atoms with Crippen molar-refractivity contribution in [1.29, 1.82) is 5.26 Å². The summed E-state index contributed by atoms with van der Waals surface area (Å²) >= 11 is 0. The van der Waals surface area contributed by atoms with E-state index in [1.165, 1.54) is 7.11 Å². The van der Waals surface area contributed by atoms with Gasteiger partial charge in [-0.1, -0.05) is 0 Å². The molecule has 15 heavy (non-hydrogen) atoms. The normalized spacial score (nSPS) is 10.8. The number of nitrogens with zero attached hydrogens (tertiary/aromatic N) is 1. The van der Waals surface area contributed by atoms with Gasteiger partial charge in [0, 0.05) is 5.30 Å². The zero-order chi connectivity index (χ0) is 11.6. The fraction of sp³-hybridized carbons (Fsp3) is 0.300. The first-order valence-corrected chi connectivity index (χ1v) is 6.93. The SMILES string of the molecule is COc1cc(P(C)(C)=O)cc(C#N)c1N. The second-order valence-corrected chi connectivity index (χ2v) is 6.79. The Morgan fingerprint density at radius 2 is 2.07 bits per heavy atom. The Hall–Kier alpha value is -1.46. The van der Waals surface area contributed by atoms with Crippen LogP contribution in [0.4, 0.5) is 5.69 Å². The molecule has 0 fully saturated rings. The zero-order valence-corrected chi connectivity index (χ0v) is 9.84. The number of rotatable bonds is 2. The second kappa shape index (κ2) is 3.96. The van der Waals surface area contributed by atoms with Gasteiger partial charge in [-0.25, -0.2) is 0 Å². The van der Waals surface area contributed by atoms with Gasteiger partial charge in [0.2, 0.25) is 0 Å². The van der Waals surface area contributed by atoms with Crippen LogP contribution in [0.1, 0.15) is 5.56 Å². The number of ether oxygens (including phenoxy) is 1. The molecule has 0 amide bonds. The second-order valence-electron chi connectivity index (χ2n) is 3.57. The molecule has 0 atom stereocenters. The fourth-order valence-corrected chi connectivity index (χ4v) is 2.05. The summed E-state index contributed by atoms with van der Waals surface area (Å²) < 4.78 is 16.9. The van der Waals surface area contributed by atoms with Crippen LogP contribution in [0.5, 0.6) is 5.75 Å². The quantitative estimate of drug-likeness (QED) is 0.608. The monoisotopic (exact) mass is 224 g/mol. The molecule has 5 heteroatoms. The van der Waals surface area contributed by atoms with E-state index in [1.54, 1.807) is 25.5 Å². The third-order valence-corrected chi connectivity index (χ3v) is 3.59. The summed E-state index contributed by atoms with van der Waals surface area (Å²) in [7, 11) is -0.940. The van der Waals surface area contributed by atoms with Crippen molar-refractivity contribution in [2.45, 2.75) is 0 Å². The van der Waals surface area contributed by atoms with Crippen LogP contribution >= 0.6 is 7.14 Å². The smallest absolute Gasteiger partial charge is 0.143 e. The molecule has 2 N–H and O–H groups in total. The zero-order valence-electron chi connectivity index (χ0n) is 8.94. The molecule has 0 heterocycles. The van der Waals surface area contributed by atoms with Crippen molar-refractivity contribution in [1.82, 2.24) is 0 Å². The standard InChI is InChI=1S/C10H13N2O2P/c1-14-9-5-8(15(2,3)13)4-7(6-11)10(9)12/h4-5H,12H2,1-3H3. The van der Waals surface area contributed by atoms with E-state index < -0.39 is 7.14 Å². The summed E-state index contributed by atoms with van der Waals surface area (Å²) in [5.74, 6) is 0.396. The molecule has 0 spiro atoms. The van der Waals surface area contributed by atoms with Crippen LogP contribution in [0.2, 0.25) is 0 Å². The van der Waals surface area contributed by atoms with Crippen LogP contribution in [0, 0.1) is 11.3 Å². The highest BCUT2D eigenvalue weighted by atomic mass is 31.2. The molecular formula is C10H13N2O2P. The maximum absolute atomic E-state index is 11.9. The Labute approximate surface area is 89.0 Å². The number of benzene rings is 1. The first-order valence-electron chi connectivity index (χ1n) is 4.33. The number of methoxy groups -OCH3 is 1. The highest BCUT2D eigenvalue weighted by molar-refractivity contribution is 7.70. The van der Waals surface area contributed by atoms with Gasteiger partial charge in [-0.15, -0.1) is 0 Å². The van der Waals surface area contributed by atoms with Crippen LogP contribution in [0.25, 0.3) is 0 Å². The number of nitrogens with two attached hydrogens (primary N) is 1. The summed E-state index contributed by atoms with van der Waals surface area (Å²) in [6.45, 7) is 3.28. The van der Waals surface area contributed by atoms with Crippen LogP contribution in [-0.4, -0.2) is 20.4 Å². The summed E-state index contributed by atoms with van der Waals surface area (Å²) in [5.41, 5.74) is 6.27. The lowest BCUT2D eigenvalue weighted by Gasteiger charge is -2.12. The number of anilines is 1. The molecule has 1 aromatic carbocycles. The van der Waals surface area contributed by atoms with Gasteiger partial charge in [-0.05, 0) is 25.5 Å². The first kappa shape index (κ1) is 11.6. The lowest BCUT2D eigenvalue weighted by Crippen LogP contribution is -2.07. The van der Waals surface area contributed by atoms with Crippen LogP contribution in [0.15, 0.2) is 12.1 Å². The molecule has 0 saturated carbocycles. The molecule has 4 nitrogen and oxygen atoms in total. The number of nitrogen functional groups attached to an aromatic ring is 1.